The van der Waals surface area contributed by atoms with Crippen molar-refractivity contribution in [2.45, 2.75) is 32.1 Å². The van der Waals surface area contributed by atoms with Crippen molar-refractivity contribution in [3.05, 3.63) is 94.2 Å². The molecule has 3 aromatic rings. The Kier molecular flexibility index (Phi) is 5.25. The fourth-order valence-electron chi connectivity index (χ4n) is 4.36. The van der Waals surface area contributed by atoms with E-state index in [4.69, 9.17) is 14.2 Å². The monoisotopic (exact) mass is 440 g/mol. The quantitative estimate of drug-likeness (QED) is 0.288. The standard InChI is InChI=1S/C28H24O5/c1-16(2)18-6-8-19(9-7-18)22-15-25(29)32-23-13-12-21-27(30)24(33-28(21)26(22)23)14-17-4-10-20(31-3)11-5-17/h4-14,16,22H,15H2,1-3H3. The Bertz CT molecular complexity index is 1270. The highest BCUT2D eigenvalue weighted by atomic mass is 16.5. The third-order valence-corrected chi connectivity index (χ3v) is 6.20. The summed E-state index contributed by atoms with van der Waals surface area (Å²) in [4.78, 5) is 25.5. The SMILES string of the molecule is COc1ccc(C=C2Oc3c(ccc4c3C(c3ccc(C(C)C)cc3)CC(=O)O4)C2=O)cc1. The first kappa shape index (κ1) is 21.0. The van der Waals surface area contributed by atoms with Crippen LogP contribution in [0, 0.1) is 0 Å². The molecule has 0 bridgehead atoms. The van der Waals surface area contributed by atoms with E-state index in [1.807, 2.05) is 36.4 Å². The molecule has 1 unspecified atom stereocenters. The molecule has 0 N–H and O–H groups in total. The molecule has 0 radical (unpaired) electrons. The minimum Gasteiger partial charge on any atom is -0.497 e. The molecule has 0 saturated heterocycles. The Labute approximate surface area is 192 Å². The van der Waals surface area contributed by atoms with Gasteiger partial charge in [-0.05, 0) is 52.9 Å². The lowest BCUT2D eigenvalue weighted by Crippen LogP contribution is -2.21. The highest BCUT2D eigenvalue weighted by Crippen LogP contribution is 2.49. The van der Waals surface area contributed by atoms with E-state index in [1.54, 1.807) is 25.3 Å². The molecular formula is C28H24O5. The van der Waals surface area contributed by atoms with E-state index in [-0.39, 0.29) is 29.9 Å². The number of ketones is 1. The van der Waals surface area contributed by atoms with Crippen LogP contribution in [0.25, 0.3) is 6.08 Å². The van der Waals surface area contributed by atoms with Gasteiger partial charge in [-0.1, -0.05) is 50.2 Å². The van der Waals surface area contributed by atoms with Crippen LogP contribution in [-0.4, -0.2) is 18.9 Å². The number of benzene rings is 3. The maximum atomic E-state index is 13.1. The van der Waals surface area contributed by atoms with Crippen molar-refractivity contribution in [1.29, 1.82) is 0 Å². The Balaban J connectivity index is 1.55. The first-order valence-corrected chi connectivity index (χ1v) is 11.0. The maximum Gasteiger partial charge on any atom is 0.312 e. The minimum atomic E-state index is -0.293. The highest BCUT2D eigenvalue weighted by Gasteiger charge is 2.38. The highest BCUT2D eigenvalue weighted by molar-refractivity contribution is 6.15. The minimum absolute atomic E-state index is 0.186. The van der Waals surface area contributed by atoms with E-state index in [0.29, 0.717) is 23.0 Å². The van der Waals surface area contributed by atoms with Crippen LogP contribution < -0.4 is 14.2 Å². The normalized spacial score (nSPS) is 18.1. The van der Waals surface area contributed by atoms with Crippen molar-refractivity contribution in [3.8, 4) is 17.2 Å². The number of hydrogen-bond donors (Lipinski definition) is 0. The number of Topliss-reactive ketones (excluding diaryl/α,β-unsaturated/α-hetero) is 1. The van der Waals surface area contributed by atoms with Crippen molar-refractivity contribution in [2.24, 2.45) is 0 Å². The van der Waals surface area contributed by atoms with Gasteiger partial charge in [0, 0.05) is 11.5 Å². The summed E-state index contributed by atoms with van der Waals surface area (Å²) in [7, 11) is 1.61. The van der Waals surface area contributed by atoms with Gasteiger partial charge in [-0.2, -0.15) is 0 Å². The van der Waals surface area contributed by atoms with Crippen LogP contribution in [0.5, 0.6) is 17.2 Å². The van der Waals surface area contributed by atoms with Gasteiger partial charge in [0.25, 0.3) is 0 Å². The summed E-state index contributed by atoms with van der Waals surface area (Å²) in [6, 6.07) is 19.0. The Morgan fingerprint density at radius 2 is 1.67 bits per heavy atom. The molecule has 5 nitrogen and oxygen atoms in total. The molecule has 2 aliphatic rings. The van der Waals surface area contributed by atoms with Crippen molar-refractivity contribution >= 4 is 17.8 Å². The summed E-state index contributed by atoms with van der Waals surface area (Å²) < 4.78 is 16.8. The average Bonchev–Trinajstić information content (AvgIpc) is 3.14. The van der Waals surface area contributed by atoms with Gasteiger partial charge in [0.05, 0.1) is 19.1 Å². The molecule has 1 atom stereocenters. The second kappa shape index (κ2) is 8.24. The average molecular weight is 440 g/mol. The van der Waals surface area contributed by atoms with E-state index in [9.17, 15) is 9.59 Å². The van der Waals surface area contributed by atoms with Crippen LogP contribution in [-0.2, 0) is 4.79 Å². The molecule has 0 saturated carbocycles. The summed E-state index contributed by atoms with van der Waals surface area (Å²) in [5, 5.41) is 0. The fraction of sp³-hybridized carbons (Fsp3) is 0.214. The van der Waals surface area contributed by atoms with Gasteiger partial charge in [-0.15, -0.1) is 0 Å². The summed E-state index contributed by atoms with van der Waals surface area (Å²) in [6.07, 6.45) is 1.91. The number of esters is 1. The van der Waals surface area contributed by atoms with Crippen molar-refractivity contribution < 1.29 is 23.8 Å². The third-order valence-electron chi connectivity index (χ3n) is 6.20. The zero-order valence-corrected chi connectivity index (χ0v) is 18.8. The molecule has 3 aromatic carbocycles. The molecule has 0 aliphatic carbocycles. The van der Waals surface area contributed by atoms with Gasteiger partial charge >= 0.3 is 5.97 Å². The van der Waals surface area contributed by atoms with Crippen molar-refractivity contribution in [1.82, 2.24) is 0 Å². The number of ether oxygens (including phenoxy) is 3. The van der Waals surface area contributed by atoms with Gasteiger partial charge in [-0.25, -0.2) is 0 Å². The number of carbonyl (C=O) groups is 2. The van der Waals surface area contributed by atoms with E-state index in [1.165, 1.54) is 5.56 Å². The Morgan fingerprint density at radius 1 is 0.939 bits per heavy atom. The second-order valence-electron chi connectivity index (χ2n) is 8.62. The summed E-state index contributed by atoms with van der Waals surface area (Å²) in [5.74, 6) is 1.59. The van der Waals surface area contributed by atoms with E-state index >= 15 is 0 Å². The number of methoxy groups -OCH3 is 1. The molecule has 0 spiro atoms. The third kappa shape index (κ3) is 3.80. The fourth-order valence-corrected chi connectivity index (χ4v) is 4.36. The lowest BCUT2D eigenvalue weighted by atomic mass is 9.84. The summed E-state index contributed by atoms with van der Waals surface area (Å²) >= 11 is 0. The van der Waals surface area contributed by atoms with Crippen molar-refractivity contribution in [3.63, 3.8) is 0 Å². The van der Waals surface area contributed by atoms with E-state index < -0.39 is 0 Å². The molecule has 166 valence electrons. The van der Waals surface area contributed by atoms with Crippen LogP contribution in [0.4, 0.5) is 0 Å². The van der Waals surface area contributed by atoms with Gasteiger partial charge in [0.1, 0.15) is 17.2 Å². The van der Waals surface area contributed by atoms with Crippen LogP contribution >= 0.6 is 0 Å². The van der Waals surface area contributed by atoms with Crippen LogP contribution in [0.2, 0.25) is 0 Å². The van der Waals surface area contributed by atoms with E-state index in [0.717, 1.165) is 22.4 Å². The molecule has 33 heavy (non-hydrogen) atoms. The van der Waals surface area contributed by atoms with Crippen LogP contribution in [0.15, 0.2) is 66.4 Å². The molecular weight excluding hydrogens is 416 g/mol. The molecule has 0 aromatic heterocycles. The lowest BCUT2D eigenvalue weighted by molar-refractivity contribution is -0.135. The molecule has 2 heterocycles. The molecule has 0 fully saturated rings. The van der Waals surface area contributed by atoms with Gasteiger partial charge in [0.15, 0.2) is 5.76 Å². The number of fused-ring (bicyclic) bond motifs is 3. The van der Waals surface area contributed by atoms with Crippen LogP contribution in [0.3, 0.4) is 0 Å². The zero-order chi connectivity index (χ0) is 23.1. The largest absolute Gasteiger partial charge is 0.497 e. The number of carbonyl (C=O) groups excluding carboxylic acids is 2. The summed E-state index contributed by atoms with van der Waals surface area (Å²) in [5.41, 5.74) is 4.28. The maximum absolute atomic E-state index is 13.1. The molecule has 5 heteroatoms. The Hall–Kier alpha value is -3.86. The van der Waals surface area contributed by atoms with Crippen LogP contribution in [0.1, 0.15) is 64.7 Å². The first-order valence-electron chi connectivity index (χ1n) is 11.0. The predicted molar refractivity (Wildman–Crippen MR) is 125 cm³/mol. The first-order chi connectivity index (χ1) is 15.9. The molecule has 2 aliphatic heterocycles. The van der Waals surface area contributed by atoms with Gasteiger partial charge in [0.2, 0.25) is 5.78 Å². The van der Waals surface area contributed by atoms with Crippen molar-refractivity contribution in [2.75, 3.05) is 7.11 Å². The van der Waals surface area contributed by atoms with Gasteiger partial charge in [-0.3, -0.25) is 9.59 Å². The zero-order valence-electron chi connectivity index (χ0n) is 18.8. The predicted octanol–water partition coefficient (Wildman–Crippen LogP) is 5.88. The lowest BCUT2D eigenvalue weighted by Gasteiger charge is -2.26. The Morgan fingerprint density at radius 3 is 2.33 bits per heavy atom. The topological polar surface area (TPSA) is 61.8 Å². The number of rotatable bonds is 4. The number of hydrogen-bond acceptors (Lipinski definition) is 5. The molecule has 0 amide bonds. The number of allylic oxidation sites excluding steroid dienone is 1. The summed E-state index contributed by atoms with van der Waals surface area (Å²) in [6.45, 7) is 4.29. The second-order valence-corrected chi connectivity index (χ2v) is 8.62. The van der Waals surface area contributed by atoms with Gasteiger partial charge < -0.3 is 14.2 Å². The molecule has 5 rings (SSSR count). The smallest absolute Gasteiger partial charge is 0.312 e. The van der Waals surface area contributed by atoms with E-state index in [2.05, 4.69) is 26.0 Å².